The molecule has 1 rings (SSSR count). The van der Waals surface area contributed by atoms with Gasteiger partial charge < -0.3 is 18.9 Å². The van der Waals surface area contributed by atoms with E-state index in [2.05, 4.69) is 4.74 Å². The minimum Gasteiger partial charge on any atom is -0.471 e. The fraction of sp³-hybridized carbons (Fsp3) is 0.526. The van der Waals surface area contributed by atoms with Crippen LogP contribution in [0.15, 0.2) is 18.2 Å². The molecule has 0 aromatic heterocycles. The SMILES string of the molecule is COC(=O)[C@H](C[C@@H](C(=O)OC)N(C)C(=O)OC(C)(C)C)Oc1ccc(F)cc1[N+](=O)[O-]. The van der Waals surface area contributed by atoms with Crippen LogP contribution in [0.4, 0.5) is 14.9 Å². The number of methoxy groups -OCH3 is 2. The number of hydrogen-bond acceptors (Lipinski definition) is 9. The largest absolute Gasteiger partial charge is 0.471 e. The van der Waals surface area contributed by atoms with E-state index in [1.807, 2.05) is 0 Å². The van der Waals surface area contributed by atoms with Gasteiger partial charge in [-0.05, 0) is 32.9 Å². The van der Waals surface area contributed by atoms with Crippen LogP contribution in [-0.2, 0) is 23.8 Å². The summed E-state index contributed by atoms with van der Waals surface area (Å²) in [6.07, 6.45) is -2.92. The lowest BCUT2D eigenvalue weighted by atomic mass is 10.1. The molecule has 0 aliphatic heterocycles. The zero-order valence-electron chi connectivity index (χ0n) is 18.0. The molecule has 0 aliphatic carbocycles. The van der Waals surface area contributed by atoms with Crippen molar-refractivity contribution in [2.45, 2.75) is 44.9 Å². The molecule has 2 atom stereocenters. The number of carbonyl (C=O) groups excluding carboxylic acids is 3. The maximum Gasteiger partial charge on any atom is 0.410 e. The van der Waals surface area contributed by atoms with E-state index in [0.29, 0.717) is 6.07 Å². The quantitative estimate of drug-likeness (QED) is 0.256. The number of nitro benzene ring substituents is 1. The van der Waals surface area contributed by atoms with E-state index in [1.165, 1.54) is 7.05 Å². The van der Waals surface area contributed by atoms with Crippen LogP contribution < -0.4 is 4.74 Å². The summed E-state index contributed by atoms with van der Waals surface area (Å²) < 4.78 is 33.4. The van der Waals surface area contributed by atoms with Crippen LogP contribution in [0.2, 0.25) is 0 Å². The predicted octanol–water partition coefficient (Wildman–Crippen LogP) is 2.45. The molecule has 1 aromatic carbocycles. The van der Waals surface area contributed by atoms with E-state index >= 15 is 0 Å². The van der Waals surface area contributed by atoms with Gasteiger partial charge in [-0.2, -0.15) is 0 Å². The summed E-state index contributed by atoms with van der Waals surface area (Å²) in [5, 5.41) is 11.2. The van der Waals surface area contributed by atoms with Gasteiger partial charge in [-0.3, -0.25) is 15.0 Å². The third-order valence-corrected chi connectivity index (χ3v) is 3.91. The molecule has 0 radical (unpaired) electrons. The van der Waals surface area contributed by atoms with Crippen LogP contribution in [0.1, 0.15) is 27.2 Å². The summed E-state index contributed by atoms with van der Waals surface area (Å²) >= 11 is 0. The summed E-state index contributed by atoms with van der Waals surface area (Å²) in [6, 6.07) is 1.13. The van der Waals surface area contributed by atoms with Gasteiger partial charge in [0.15, 0.2) is 11.9 Å². The number of hydrogen-bond donors (Lipinski definition) is 0. The molecule has 0 N–H and O–H groups in total. The Balaban J connectivity index is 3.25. The maximum absolute atomic E-state index is 13.4. The first-order valence-electron chi connectivity index (χ1n) is 9.02. The van der Waals surface area contributed by atoms with Crippen molar-refractivity contribution in [3.8, 4) is 5.75 Å². The number of nitrogens with zero attached hydrogens (tertiary/aromatic N) is 2. The number of benzene rings is 1. The van der Waals surface area contributed by atoms with Gasteiger partial charge in [0, 0.05) is 13.5 Å². The first kappa shape index (κ1) is 25.6. The van der Waals surface area contributed by atoms with Crippen LogP contribution in [-0.4, -0.2) is 66.9 Å². The van der Waals surface area contributed by atoms with Crippen molar-refractivity contribution in [2.24, 2.45) is 0 Å². The van der Waals surface area contributed by atoms with Crippen molar-refractivity contribution in [3.63, 3.8) is 0 Å². The Morgan fingerprint density at radius 3 is 2.23 bits per heavy atom. The fourth-order valence-corrected chi connectivity index (χ4v) is 2.42. The molecular weight excluding hydrogens is 419 g/mol. The van der Waals surface area contributed by atoms with Gasteiger partial charge in [-0.15, -0.1) is 0 Å². The van der Waals surface area contributed by atoms with Crippen LogP contribution in [0.25, 0.3) is 0 Å². The molecule has 0 aliphatic rings. The van der Waals surface area contributed by atoms with Crippen LogP contribution in [0.3, 0.4) is 0 Å². The van der Waals surface area contributed by atoms with Crippen molar-refractivity contribution in [1.29, 1.82) is 0 Å². The average Bonchev–Trinajstić information content (AvgIpc) is 2.68. The molecule has 1 aromatic rings. The number of rotatable bonds is 8. The number of carbonyl (C=O) groups is 3. The van der Waals surface area contributed by atoms with Crippen molar-refractivity contribution in [3.05, 3.63) is 34.1 Å². The van der Waals surface area contributed by atoms with Crippen molar-refractivity contribution in [2.75, 3.05) is 21.3 Å². The summed E-state index contributed by atoms with van der Waals surface area (Å²) in [4.78, 5) is 48.2. The van der Waals surface area contributed by atoms with Gasteiger partial charge in [-0.25, -0.2) is 18.8 Å². The molecule has 0 bridgehead atoms. The third-order valence-electron chi connectivity index (χ3n) is 3.91. The second-order valence-electron chi connectivity index (χ2n) is 7.36. The summed E-state index contributed by atoms with van der Waals surface area (Å²) in [5.74, 6) is -3.18. The highest BCUT2D eigenvalue weighted by Crippen LogP contribution is 2.29. The highest BCUT2D eigenvalue weighted by atomic mass is 19.1. The molecule has 0 unspecified atom stereocenters. The number of ether oxygens (including phenoxy) is 4. The first-order valence-corrected chi connectivity index (χ1v) is 9.02. The molecule has 0 saturated heterocycles. The number of likely N-dealkylation sites (N-methyl/N-ethyl adjacent to an activating group) is 1. The van der Waals surface area contributed by atoms with E-state index in [9.17, 15) is 28.9 Å². The standard InChI is InChI=1S/C19H25FN2O9/c1-19(2,3)31-18(25)21(4)13(16(23)28-5)10-15(17(24)29-6)30-14-8-7-11(20)9-12(14)22(26)27/h7-9,13,15H,10H2,1-6H3/t13-,15-/m0/s1. The van der Waals surface area contributed by atoms with Gasteiger partial charge in [0.05, 0.1) is 25.2 Å². The Bertz CT molecular complexity index is 838. The van der Waals surface area contributed by atoms with E-state index < -0.39 is 64.4 Å². The smallest absolute Gasteiger partial charge is 0.410 e. The van der Waals surface area contributed by atoms with Gasteiger partial charge in [-0.1, -0.05) is 0 Å². The predicted molar refractivity (Wildman–Crippen MR) is 104 cm³/mol. The zero-order chi connectivity index (χ0) is 23.9. The van der Waals surface area contributed by atoms with Gasteiger partial charge in [0.25, 0.3) is 0 Å². The molecule has 0 spiro atoms. The Hall–Kier alpha value is -3.44. The normalized spacial score (nSPS) is 12.9. The number of esters is 2. The van der Waals surface area contributed by atoms with Crippen molar-refractivity contribution < 1.29 is 42.6 Å². The number of nitro groups is 1. The minimum atomic E-state index is -1.57. The Kier molecular flexibility index (Phi) is 8.71. The zero-order valence-corrected chi connectivity index (χ0v) is 18.0. The Morgan fingerprint density at radius 2 is 1.74 bits per heavy atom. The molecule has 0 saturated carbocycles. The highest BCUT2D eigenvalue weighted by Gasteiger charge is 2.37. The van der Waals surface area contributed by atoms with Crippen LogP contribution in [0.5, 0.6) is 5.75 Å². The molecule has 0 fully saturated rings. The summed E-state index contributed by atoms with van der Waals surface area (Å²) in [7, 11) is 3.38. The van der Waals surface area contributed by atoms with E-state index in [1.54, 1.807) is 20.8 Å². The average molecular weight is 444 g/mol. The van der Waals surface area contributed by atoms with Crippen molar-refractivity contribution in [1.82, 2.24) is 4.90 Å². The lowest BCUT2D eigenvalue weighted by Crippen LogP contribution is -2.48. The summed E-state index contributed by atoms with van der Waals surface area (Å²) in [5.41, 5.74) is -1.59. The van der Waals surface area contributed by atoms with E-state index in [-0.39, 0.29) is 0 Å². The van der Waals surface area contributed by atoms with Gasteiger partial charge >= 0.3 is 23.7 Å². The summed E-state index contributed by atoms with van der Waals surface area (Å²) in [6.45, 7) is 4.87. The molecule has 172 valence electrons. The molecule has 11 nitrogen and oxygen atoms in total. The van der Waals surface area contributed by atoms with Crippen molar-refractivity contribution >= 4 is 23.7 Å². The monoisotopic (exact) mass is 444 g/mol. The molecule has 12 heteroatoms. The second kappa shape index (κ2) is 10.5. The minimum absolute atomic E-state index is 0.426. The third kappa shape index (κ3) is 7.39. The first-order chi connectivity index (χ1) is 14.3. The van der Waals surface area contributed by atoms with Gasteiger partial charge in [0.1, 0.15) is 17.5 Å². The Labute approximate surface area is 178 Å². The highest BCUT2D eigenvalue weighted by molar-refractivity contribution is 5.83. The van der Waals surface area contributed by atoms with Gasteiger partial charge in [0.2, 0.25) is 0 Å². The molecular formula is C19H25FN2O9. The number of amides is 1. The molecule has 0 heterocycles. The van der Waals surface area contributed by atoms with E-state index in [0.717, 1.165) is 31.3 Å². The van der Waals surface area contributed by atoms with Crippen LogP contribution in [0, 0.1) is 15.9 Å². The fourth-order valence-electron chi connectivity index (χ4n) is 2.42. The van der Waals surface area contributed by atoms with E-state index in [4.69, 9.17) is 14.2 Å². The number of halogens is 1. The molecule has 1 amide bonds. The molecule has 31 heavy (non-hydrogen) atoms. The lowest BCUT2D eigenvalue weighted by Gasteiger charge is -2.30. The lowest BCUT2D eigenvalue weighted by molar-refractivity contribution is -0.386. The van der Waals surface area contributed by atoms with Crippen LogP contribution >= 0.6 is 0 Å². The topological polar surface area (TPSA) is 135 Å². The maximum atomic E-state index is 13.4. The second-order valence-corrected chi connectivity index (χ2v) is 7.36. The Morgan fingerprint density at radius 1 is 1.16 bits per heavy atom.